The van der Waals surface area contributed by atoms with Crippen molar-refractivity contribution in [1.29, 1.82) is 0 Å². The molecule has 21 heavy (non-hydrogen) atoms. The average molecular weight is 347 g/mol. The highest BCUT2D eigenvalue weighted by Crippen LogP contribution is 2.22. The lowest BCUT2D eigenvalue weighted by molar-refractivity contribution is 0.102. The molecule has 0 bridgehead atoms. The van der Waals surface area contributed by atoms with E-state index in [0.29, 0.717) is 5.56 Å². The second-order valence-electron chi connectivity index (χ2n) is 5.26. The van der Waals surface area contributed by atoms with Crippen LogP contribution < -0.4 is 10.6 Å². The van der Waals surface area contributed by atoms with E-state index in [-0.39, 0.29) is 11.9 Å². The van der Waals surface area contributed by atoms with Crippen LogP contribution in [0.3, 0.4) is 0 Å². The molecule has 2 aromatic carbocycles. The summed E-state index contributed by atoms with van der Waals surface area (Å²) in [6, 6.07) is 13.6. The Morgan fingerprint density at radius 2 is 1.81 bits per heavy atom. The van der Waals surface area contributed by atoms with Crippen molar-refractivity contribution in [3.8, 4) is 0 Å². The second kappa shape index (κ2) is 6.76. The van der Waals surface area contributed by atoms with Crippen LogP contribution in [0.4, 0.5) is 11.4 Å². The average Bonchev–Trinajstić information content (AvgIpc) is 2.42. The first-order chi connectivity index (χ1) is 9.97. The minimum Gasteiger partial charge on any atom is -0.382 e. The number of aryl methyl sites for hydroxylation is 1. The lowest BCUT2D eigenvalue weighted by atomic mass is 10.1. The zero-order valence-corrected chi connectivity index (χ0v) is 14.0. The maximum Gasteiger partial charge on any atom is 0.257 e. The van der Waals surface area contributed by atoms with E-state index in [1.54, 1.807) is 0 Å². The summed E-state index contributed by atoms with van der Waals surface area (Å²) < 4.78 is 1.000. The Hall–Kier alpha value is -1.81. The molecular formula is C17H19BrN2O. The molecule has 0 aliphatic rings. The fraction of sp³-hybridized carbons (Fsp3) is 0.235. The first kappa shape index (κ1) is 15.6. The highest BCUT2D eigenvalue weighted by Gasteiger charge is 2.12. The molecule has 0 atom stereocenters. The Labute approximate surface area is 133 Å². The number of anilines is 2. The van der Waals surface area contributed by atoms with E-state index in [2.05, 4.69) is 26.6 Å². The van der Waals surface area contributed by atoms with Crippen molar-refractivity contribution in [2.45, 2.75) is 26.8 Å². The Balaban J connectivity index is 2.24. The summed E-state index contributed by atoms with van der Waals surface area (Å²) in [7, 11) is 0. The molecule has 0 aromatic heterocycles. The fourth-order valence-electron chi connectivity index (χ4n) is 2.07. The van der Waals surface area contributed by atoms with Crippen molar-refractivity contribution >= 4 is 33.2 Å². The molecule has 2 N–H and O–H groups in total. The van der Waals surface area contributed by atoms with E-state index in [0.717, 1.165) is 21.4 Å². The van der Waals surface area contributed by atoms with Crippen LogP contribution >= 0.6 is 15.9 Å². The Bertz CT molecular complexity index is 653. The zero-order chi connectivity index (χ0) is 15.4. The zero-order valence-electron chi connectivity index (χ0n) is 12.4. The number of hydrogen-bond acceptors (Lipinski definition) is 2. The van der Waals surface area contributed by atoms with E-state index in [4.69, 9.17) is 0 Å². The van der Waals surface area contributed by atoms with Crippen molar-refractivity contribution < 1.29 is 4.79 Å². The van der Waals surface area contributed by atoms with Crippen LogP contribution in [0.25, 0.3) is 0 Å². The lowest BCUT2D eigenvalue weighted by Gasteiger charge is -2.15. The quantitative estimate of drug-likeness (QED) is 0.832. The van der Waals surface area contributed by atoms with E-state index < -0.39 is 0 Å². The second-order valence-corrected chi connectivity index (χ2v) is 6.17. The van der Waals surface area contributed by atoms with Gasteiger partial charge in [0.15, 0.2) is 0 Å². The molecule has 4 heteroatoms. The normalized spacial score (nSPS) is 10.5. The fourth-order valence-corrected chi connectivity index (χ4v) is 2.55. The summed E-state index contributed by atoms with van der Waals surface area (Å²) in [5.41, 5.74) is 3.34. The van der Waals surface area contributed by atoms with Crippen LogP contribution in [-0.2, 0) is 0 Å². The van der Waals surface area contributed by atoms with Crippen molar-refractivity contribution in [2.24, 2.45) is 0 Å². The molecule has 1 amide bonds. The van der Waals surface area contributed by atoms with Gasteiger partial charge in [0.05, 0.1) is 5.56 Å². The van der Waals surface area contributed by atoms with E-state index in [9.17, 15) is 4.79 Å². The maximum absolute atomic E-state index is 12.5. The molecule has 0 aliphatic carbocycles. The number of rotatable bonds is 4. The number of amides is 1. The van der Waals surface area contributed by atoms with Gasteiger partial charge in [0.1, 0.15) is 0 Å². The van der Waals surface area contributed by atoms with Gasteiger partial charge < -0.3 is 10.6 Å². The molecule has 0 heterocycles. The number of carbonyl (C=O) groups is 1. The molecule has 110 valence electrons. The number of carbonyl (C=O) groups excluding carboxylic acids is 1. The molecule has 2 aromatic rings. The minimum absolute atomic E-state index is 0.107. The Kier molecular flexibility index (Phi) is 5.02. The lowest BCUT2D eigenvalue weighted by Crippen LogP contribution is -2.18. The van der Waals surface area contributed by atoms with Gasteiger partial charge in [-0.25, -0.2) is 0 Å². The molecular weight excluding hydrogens is 328 g/mol. The standard InChI is InChI=1S/C17H19BrN2O/c1-11(2)19-16-7-5-4-6-14(16)17(21)20-15-9-8-13(18)10-12(15)3/h4-11,19H,1-3H3,(H,20,21). The van der Waals surface area contributed by atoms with Crippen LogP contribution in [-0.4, -0.2) is 11.9 Å². The minimum atomic E-state index is -0.107. The van der Waals surface area contributed by atoms with Gasteiger partial charge in [-0.3, -0.25) is 4.79 Å². The summed E-state index contributed by atoms with van der Waals surface area (Å²) in [6.45, 7) is 6.07. The molecule has 0 spiro atoms. The van der Waals surface area contributed by atoms with Crippen molar-refractivity contribution in [3.63, 3.8) is 0 Å². The summed E-state index contributed by atoms with van der Waals surface area (Å²) >= 11 is 3.42. The number of para-hydroxylation sites is 1. The topological polar surface area (TPSA) is 41.1 Å². The smallest absolute Gasteiger partial charge is 0.257 e. The van der Waals surface area contributed by atoms with Crippen LogP contribution in [0.1, 0.15) is 29.8 Å². The van der Waals surface area contributed by atoms with Crippen LogP contribution in [0, 0.1) is 6.92 Å². The maximum atomic E-state index is 12.5. The van der Waals surface area contributed by atoms with E-state index in [1.807, 2.05) is 63.2 Å². The van der Waals surface area contributed by atoms with Crippen LogP contribution in [0.2, 0.25) is 0 Å². The van der Waals surface area contributed by atoms with Gasteiger partial charge >= 0.3 is 0 Å². The molecule has 0 radical (unpaired) electrons. The highest BCUT2D eigenvalue weighted by atomic mass is 79.9. The molecule has 3 nitrogen and oxygen atoms in total. The molecule has 0 fully saturated rings. The van der Waals surface area contributed by atoms with Gasteiger partial charge in [0.25, 0.3) is 5.91 Å². The van der Waals surface area contributed by atoms with Crippen LogP contribution in [0.15, 0.2) is 46.9 Å². The van der Waals surface area contributed by atoms with E-state index in [1.165, 1.54) is 0 Å². The van der Waals surface area contributed by atoms with E-state index >= 15 is 0 Å². The Morgan fingerprint density at radius 1 is 1.10 bits per heavy atom. The van der Waals surface area contributed by atoms with Crippen molar-refractivity contribution in [1.82, 2.24) is 0 Å². The summed E-state index contributed by atoms with van der Waals surface area (Å²) in [4.78, 5) is 12.5. The first-order valence-corrected chi connectivity index (χ1v) is 7.69. The molecule has 0 saturated carbocycles. The van der Waals surface area contributed by atoms with Crippen molar-refractivity contribution in [2.75, 3.05) is 10.6 Å². The summed E-state index contributed by atoms with van der Waals surface area (Å²) in [5, 5.41) is 6.26. The summed E-state index contributed by atoms with van der Waals surface area (Å²) in [6.07, 6.45) is 0. The predicted octanol–water partition coefficient (Wildman–Crippen LogP) is 4.83. The number of halogens is 1. The van der Waals surface area contributed by atoms with Gasteiger partial charge in [-0.2, -0.15) is 0 Å². The highest BCUT2D eigenvalue weighted by molar-refractivity contribution is 9.10. The largest absolute Gasteiger partial charge is 0.382 e. The molecule has 0 saturated heterocycles. The van der Waals surface area contributed by atoms with Gasteiger partial charge in [0.2, 0.25) is 0 Å². The third-order valence-electron chi connectivity index (χ3n) is 3.05. The van der Waals surface area contributed by atoms with Gasteiger partial charge in [-0.1, -0.05) is 28.1 Å². The molecule has 0 unspecified atom stereocenters. The SMILES string of the molecule is Cc1cc(Br)ccc1NC(=O)c1ccccc1NC(C)C. The predicted molar refractivity (Wildman–Crippen MR) is 92.0 cm³/mol. The first-order valence-electron chi connectivity index (χ1n) is 6.90. The third kappa shape index (κ3) is 4.08. The van der Waals surface area contributed by atoms with Gasteiger partial charge in [-0.15, -0.1) is 0 Å². The van der Waals surface area contributed by atoms with Crippen molar-refractivity contribution in [3.05, 3.63) is 58.1 Å². The van der Waals surface area contributed by atoms with Crippen LogP contribution in [0.5, 0.6) is 0 Å². The monoisotopic (exact) mass is 346 g/mol. The van der Waals surface area contributed by atoms with Gasteiger partial charge in [-0.05, 0) is 56.7 Å². The Morgan fingerprint density at radius 3 is 2.48 bits per heavy atom. The summed E-state index contributed by atoms with van der Waals surface area (Å²) in [5.74, 6) is -0.107. The number of hydrogen-bond donors (Lipinski definition) is 2. The van der Waals surface area contributed by atoms with Gasteiger partial charge in [0, 0.05) is 21.9 Å². The number of benzene rings is 2. The number of nitrogens with one attached hydrogen (secondary N) is 2. The molecule has 0 aliphatic heterocycles. The third-order valence-corrected chi connectivity index (χ3v) is 3.55. The molecule has 2 rings (SSSR count).